The van der Waals surface area contributed by atoms with Crippen LogP contribution < -0.4 is 5.32 Å². The van der Waals surface area contributed by atoms with E-state index >= 15 is 0 Å². The van der Waals surface area contributed by atoms with Crippen molar-refractivity contribution >= 4 is 11.6 Å². The second-order valence-corrected chi connectivity index (χ2v) is 4.92. The number of nitrogens with one attached hydrogen (secondary N) is 1. The van der Waals surface area contributed by atoms with Gasteiger partial charge in [0.15, 0.2) is 0 Å². The third kappa shape index (κ3) is 2.80. The molecule has 102 valence electrons. The highest BCUT2D eigenvalue weighted by Crippen LogP contribution is 2.29. The Morgan fingerprint density at radius 3 is 2.79 bits per heavy atom. The molecular formula is C14H17ClFN3. The largest absolute Gasteiger partial charge is 0.305 e. The van der Waals surface area contributed by atoms with Crippen LogP contribution in [0.5, 0.6) is 0 Å². The highest BCUT2D eigenvalue weighted by Gasteiger charge is 2.23. The monoisotopic (exact) mass is 281 g/mol. The molecule has 1 atom stereocenters. The first-order valence-corrected chi connectivity index (χ1v) is 6.59. The molecule has 1 unspecified atom stereocenters. The summed E-state index contributed by atoms with van der Waals surface area (Å²) in [4.78, 5) is 0. The van der Waals surface area contributed by atoms with Crippen molar-refractivity contribution < 1.29 is 4.39 Å². The van der Waals surface area contributed by atoms with Crippen LogP contribution in [0.15, 0.2) is 24.4 Å². The second-order valence-electron chi connectivity index (χ2n) is 4.52. The number of hydrogen-bond donors (Lipinski definition) is 1. The predicted molar refractivity (Wildman–Crippen MR) is 74.9 cm³/mol. The Bertz CT molecular complexity index is 561. The Balaban J connectivity index is 2.54. The number of nitrogens with zero attached hydrogens (tertiary/aromatic N) is 2. The summed E-state index contributed by atoms with van der Waals surface area (Å²) in [6, 6.07) is 4.78. The molecule has 1 aromatic carbocycles. The van der Waals surface area contributed by atoms with E-state index in [1.807, 2.05) is 19.9 Å². The first-order chi connectivity index (χ1) is 9.04. The van der Waals surface area contributed by atoms with Crippen LogP contribution in [0.3, 0.4) is 0 Å². The fourth-order valence-corrected chi connectivity index (χ4v) is 2.46. The van der Waals surface area contributed by atoms with Crippen LogP contribution in [0.1, 0.15) is 29.8 Å². The SMILES string of the molecule is CCNC(c1cc(C)ccc1F)c1c(Cl)cnn1C. The van der Waals surface area contributed by atoms with Crippen LogP contribution in [-0.4, -0.2) is 16.3 Å². The molecule has 1 aromatic heterocycles. The van der Waals surface area contributed by atoms with Crippen molar-refractivity contribution in [3.8, 4) is 0 Å². The van der Waals surface area contributed by atoms with E-state index in [0.29, 0.717) is 17.1 Å². The molecule has 5 heteroatoms. The lowest BCUT2D eigenvalue weighted by Crippen LogP contribution is -2.25. The number of hydrogen-bond acceptors (Lipinski definition) is 2. The third-order valence-electron chi connectivity index (χ3n) is 3.08. The van der Waals surface area contributed by atoms with Gasteiger partial charge in [-0.05, 0) is 19.5 Å². The normalized spacial score (nSPS) is 12.7. The van der Waals surface area contributed by atoms with Crippen LogP contribution in [0.25, 0.3) is 0 Å². The lowest BCUT2D eigenvalue weighted by Gasteiger charge is -2.20. The maximum absolute atomic E-state index is 14.1. The molecule has 1 N–H and O–H groups in total. The molecule has 1 heterocycles. The molecule has 0 radical (unpaired) electrons. The summed E-state index contributed by atoms with van der Waals surface area (Å²) < 4.78 is 15.8. The number of rotatable bonds is 4. The number of halogens is 2. The van der Waals surface area contributed by atoms with Crippen molar-refractivity contribution in [3.05, 3.63) is 52.1 Å². The van der Waals surface area contributed by atoms with Gasteiger partial charge in [0.2, 0.25) is 0 Å². The van der Waals surface area contributed by atoms with Gasteiger partial charge in [-0.25, -0.2) is 4.39 Å². The fraction of sp³-hybridized carbons (Fsp3) is 0.357. The average Bonchev–Trinajstić information content (AvgIpc) is 2.70. The van der Waals surface area contributed by atoms with Crippen LogP contribution in [0, 0.1) is 12.7 Å². The average molecular weight is 282 g/mol. The van der Waals surface area contributed by atoms with Crippen LogP contribution in [0.2, 0.25) is 5.02 Å². The van der Waals surface area contributed by atoms with Gasteiger partial charge in [-0.2, -0.15) is 5.10 Å². The molecule has 0 bridgehead atoms. The van der Waals surface area contributed by atoms with Gasteiger partial charge in [0.1, 0.15) is 5.82 Å². The van der Waals surface area contributed by atoms with Crippen molar-refractivity contribution in [2.45, 2.75) is 19.9 Å². The Morgan fingerprint density at radius 1 is 1.47 bits per heavy atom. The molecule has 0 saturated heterocycles. The number of aromatic nitrogens is 2. The van der Waals surface area contributed by atoms with E-state index in [1.54, 1.807) is 24.0 Å². The Kier molecular flexibility index (Phi) is 4.22. The van der Waals surface area contributed by atoms with E-state index < -0.39 is 0 Å². The maximum Gasteiger partial charge on any atom is 0.128 e. The molecule has 0 saturated carbocycles. The summed E-state index contributed by atoms with van der Waals surface area (Å²) in [6.07, 6.45) is 1.58. The molecule has 2 aromatic rings. The lowest BCUT2D eigenvalue weighted by molar-refractivity contribution is 0.531. The van der Waals surface area contributed by atoms with Crippen LogP contribution in [0.4, 0.5) is 4.39 Å². The second kappa shape index (κ2) is 5.72. The molecule has 0 amide bonds. The molecule has 0 spiro atoms. The van der Waals surface area contributed by atoms with E-state index in [9.17, 15) is 4.39 Å². The Hall–Kier alpha value is -1.39. The quantitative estimate of drug-likeness (QED) is 0.932. The zero-order chi connectivity index (χ0) is 14.0. The smallest absolute Gasteiger partial charge is 0.128 e. The van der Waals surface area contributed by atoms with E-state index in [4.69, 9.17) is 11.6 Å². The maximum atomic E-state index is 14.1. The summed E-state index contributed by atoms with van der Waals surface area (Å²) in [5, 5.41) is 7.92. The molecule has 0 aliphatic carbocycles. The summed E-state index contributed by atoms with van der Waals surface area (Å²) in [5.41, 5.74) is 2.37. The molecule has 0 aliphatic rings. The van der Waals surface area contributed by atoms with E-state index in [1.165, 1.54) is 6.07 Å². The zero-order valence-corrected chi connectivity index (χ0v) is 12.0. The molecule has 19 heavy (non-hydrogen) atoms. The topological polar surface area (TPSA) is 29.9 Å². The summed E-state index contributed by atoms with van der Waals surface area (Å²) in [7, 11) is 1.80. The van der Waals surface area contributed by atoms with Gasteiger partial charge >= 0.3 is 0 Å². The molecule has 0 aliphatic heterocycles. The van der Waals surface area contributed by atoms with Gasteiger partial charge < -0.3 is 5.32 Å². The minimum absolute atomic E-state index is 0.242. The van der Waals surface area contributed by atoms with Gasteiger partial charge in [-0.1, -0.05) is 36.2 Å². The van der Waals surface area contributed by atoms with Gasteiger partial charge in [0.25, 0.3) is 0 Å². The molecule has 3 nitrogen and oxygen atoms in total. The lowest BCUT2D eigenvalue weighted by atomic mass is 10.0. The standard InChI is InChI=1S/C14H17ClFN3/c1-4-17-13(14-11(15)8-18-19(14)3)10-7-9(2)5-6-12(10)16/h5-8,13,17H,4H2,1-3H3. The first kappa shape index (κ1) is 14.0. The number of benzene rings is 1. The zero-order valence-electron chi connectivity index (χ0n) is 11.2. The van der Waals surface area contributed by atoms with Gasteiger partial charge in [-0.15, -0.1) is 0 Å². The van der Waals surface area contributed by atoms with Crippen molar-refractivity contribution in [1.82, 2.24) is 15.1 Å². The van der Waals surface area contributed by atoms with Crippen molar-refractivity contribution in [2.75, 3.05) is 6.54 Å². The summed E-state index contributed by atoms with van der Waals surface area (Å²) in [5.74, 6) is -0.242. The van der Waals surface area contributed by atoms with Crippen LogP contribution in [-0.2, 0) is 7.05 Å². The molecule has 2 rings (SSSR count). The summed E-state index contributed by atoms with van der Waals surface area (Å²) >= 11 is 6.17. The van der Waals surface area contributed by atoms with Crippen molar-refractivity contribution in [3.63, 3.8) is 0 Å². The highest BCUT2D eigenvalue weighted by atomic mass is 35.5. The highest BCUT2D eigenvalue weighted by molar-refractivity contribution is 6.31. The fourth-order valence-electron chi connectivity index (χ4n) is 2.19. The summed E-state index contributed by atoms with van der Waals surface area (Å²) in [6.45, 7) is 4.63. The van der Waals surface area contributed by atoms with E-state index in [2.05, 4.69) is 10.4 Å². The first-order valence-electron chi connectivity index (χ1n) is 6.21. The molecular weight excluding hydrogens is 265 g/mol. The van der Waals surface area contributed by atoms with E-state index in [0.717, 1.165) is 11.3 Å². The van der Waals surface area contributed by atoms with Crippen molar-refractivity contribution in [1.29, 1.82) is 0 Å². The van der Waals surface area contributed by atoms with Gasteiger partial charge in [-0.3, -0.25) is 4.68 Å². The Morgan fingerprint density at radius 2 is 2.21 bits per heavy atom. The number of aryl methyl sites for hydroxylation is 2. The van der Waals surface area contributed by atoms with E-state index in [-0.39, 0.29) is 11.9 Å². The van der Waals surface area contributed by atoms with Crippen molar-refractivity contribution in [2.24, 2.45) is 7.05 Å². The Labute approximate surface area is 117 Å². The minimum Gasteiger partial charge on any atom is -0.305 e. The third-order valence-corrected chi connectivity index (χ3v) is 3.37. The predicted octanol–water partition coefficient (Wildman–Crippen LogP) is 3.22. The van der Waals surface area contributed by atoms with Crippen LogP contribution >= 0.6 is 11.6 Å². The van der Waals surface area contributed by atoms with Gasteiger partial charge in [0.05, 0.1) is 23.0 Å². The molecule has 0 fully saturated rings. The van der Waals surface area contributed by atoms with Gasteiger partial charge in [0, 0.05) is 12.6 Å². The minimum atomic E-state index is -0.301.